The maximum Gasteiger partial charge on any atom is 0.343 e. The van der Waals surface area contributed by atoms with Crippen LogP contribution in [-0.2, 0) is 4.79 Å². The third kappa shape index (κ3) is 6.73. The van der Waals surface area contributed by atoms with Crippen LogP contribution in [0.5, 0.6) is 17.2 Å². The van der Waals surface area contributed by atoms with Gasteiger partial charge in [0.05, 0.1) is 23.8 Å². The van der Waals surface area contributed by atoms with Gasteiger partial charge in [-0.1, -0.05) is 15.9 Å². The van der Waals surface area contributed by atoms with Crippen molar-refractivity contribution in [3.8, 4) is 17.2 Å². The molecule has 0 atom stereocenters. The molecule has 0 unspecified atom stereocenters. The number of non-ortho nitro benzene ring substituents is 1. The normalized spacial score (nSPS) is 10.5. The number of nitro groups is 1. The summed E-state index contributed by atoms with van der Waals surface area (Å²) in [5.74, 6) is -1.69. The standard InChI is InChI=1S/C24H18BrN3O8/c1-14(29)35-21-9-5-16(12-22(21)34-2)24(31)36-20-10-8-19(28(32)33)11-17(20)13-26-27-23(30)15-3-6-18(25)7-4-15/h3-13H,1-2H3,(H,27,30)/b26-13+. The highest BCUT2D eigenvalue weighted by atomic mass is 79.9. The number of amides is 1. The van der Waals surface area contributed by atoms with Crippen molar-refractivity contribution in [2.24, 2.45) is 5.10 Å². The largest absolute Gasteiger partial charge is 0.493 e. The molecule has 1 amide bonds. The summed E-state index contributed by atoms with van der Waals surface area (Å²) in [6.45, 7) is 1.22. The number of nitrogens with one attached hydrogen (secondary N) is 1. The highest BCUT2D eigenvalue weighted by molar-refractivity contribution is 9.10. The Bertz CT molecular complexity index is 1360. The molecule has 0 aliphatic rings. The average molecular weight is 556 g/mol. The first kappa shape index (κ1) is 26.0. The summed E-state index contributed by atoms with van der Waals surface area (Å²) in [5, 5.41) is 15.0. The number of benzene rings is 3. The number of nitro benzene ring substituents is 1. The maximum atomic E-state index is 12.7. The summed E-state index contributed by atoms with van der Waals surface area (Å²) < 4.78 is 16.4. The second kappa shape index (κ2) is 11.7. The van der Waals surface area contributed by atoms with E-state index in [4.69, 9.17) is 14.2 Å². The fourth-order valence-corrected chi connectivity index (χ4v) is 3.13. The zero-order valence-electron chi connectivity index (χ0n) is 18.9. The van der Waals surface area contributed by atoms with Crippen molar-refractivity contribution >= 4 is 45.7 Å². The Morgan fingerprint density at radius 3 is 2.25 bits per heavy atom. The number of halogens is 1. The smallest absolute Gasteiger partial charge is 0.343 e. The minimum atomic E-state index is -0.815. The van der Waals surface area contributed by atoms with Gasteiger partial charge in [-0.25, -0.2) is 10.2 Å². The van der Waals surface area contributed by atoms with Gasteiger partial charge in [-0.3, -0.25) is 19.7 Å². The second-order valence-corrected chi connectivity index (χ2v) is 7.95. The SMILES string of the molecule is COc1cc(C(=O)Oc2ccc([N+](=O)[O-])cc2/C=N/NC(=O)c2ccc(Br)cc2)ccc1OC(C)=O. The summed E-state index contributed by atoms with van der Waals surface area (Å²) in [4.78, 5) is 46.8. The van der Waals surface area contributed by atoms with Gasteiger partial charge in [0, 0.05) is 34.7 Å². The van der Waals surface area contributed by atoms with Crippen LogP contribution in [0, 0.1) is 10.1 Å². The van der Waals surface area contributed by atoms with E-state index in [-0.39, 0.29) is 34.1 Å². The molecule has 0 fully saturated rings. The van der Waals surface area contributed by atoms with Crippen LogP contribution in [0.25, 0.3) is 0 Å². The van der Waals surface area contributed by atoms with Gasteiger partial charge >= 0.3 is 11.9 Å². The van der Waals surface area contributed by atoms with E-state index < -0.39 is 22.8 Å². The van der Waals surface area contributed by atoms with E-state index in [0.717, 1.165) is 22.8 Å². The molecule has 12 heteroatoms. The number of ether oxygens (including phenoxy) is 3. The fraction of sp³-hybridized carbons (Fsp3) is 0.0833. The Kier molecular flexibility index (Phi) is 8.47. The van der Waals surface area contributed by atoms with E-state index in [9.17, 15) is 24.5 Å². The fourth-order valence-electron chi connectivity index (χ4n) is 2.86. The highest BCUT2D eigenvalue weighted by Gasteiger charge is 2.18. The number of rotatable bonds is 8. The molecule has 3 aromatic rings. The number of hydrazone groups is 1. The molecule has 184 valence electrons. The van der Waals surface area contributed by atoms with Gasteiger partial charge in [0.15, 0.2) is 11.5 Å². The second-order valence-electron chi connectivity index (χ2n) is 7.03. The average Bonchev–Trinajstić information content (AvgIpc) is 2.85. The Morgan fingerprint density at radius 2 is 1.61 bits per heavy atom. The van der Waals surface area contributed by atoms with Crippen LogP contribution in [-0.4, -0.2) is 36.1 Å². The van der Waals surface area contributed by atoms with Crippen LogP contribution < -0.4 is 19.6 Å². The number of methoxy groups -OCH3 is 1. The van der Waals surface area contributed by atoms with Crippen LogP contribution >= 0.6 is 15.9 Å². The summed E-state index contributed by atoms with van der Waals surface area (Å²) >= 11 is 3.28. The maximum absolute atomic E-state index is 12.7. The summed E-state index contributed by atoms with van der Waals surface area (Å²) in [6, 6.07) is 14.1. The molecule has 0 aliphatic heterocycles. The first-order valence-electron chi connectivity index (χ1n) is 10.1. The topological polar surface area (TPSA) is 146 Å². The summed E-state index contributed by atoms with van der Waals surface area (Å²) in [6.07, 6.45) is 1.12. The van der Waals surface area contributed by atoms with Crippen molar-refractivity contribution in [3.63, 3.8) is 0 Å². The lowest BCUT2D eigenvalue weighted by Gasteiger charge is -2.11. The molecule has 1 N–H and O–H groups in total. The van der Waals surface area contributed by atoms with Gasteiger partial charge in [-0.15, -0.1) is 0 Å². The first-order chi connectivity index (χ1) is 17.2. The first-order valence-corrected chi connectivity index (χ1v) is 10.9. The summed E-state index contributed by atoms with van der Waals surface area (Å²) in [5.41, 5.74) is 2.51. The number of nitrogens with zero attached hydrogens (tertiary/aromatic N) is 2. The van der Waals surface area contributed by atoms with Gasteiger partial charge in [0.25, 0.3) is 11.6 Å². The van der Waals surface area contributed by atoms with Gasteiger partial charge in [-0.05, 0) is 48.5 Å². The molecular formula is C24H18BrN3O8. The van der Waals surface area contributed by atoms with Gasteiger partial charge in [-0.2, -0.15) is 5.10 Å². The molecule has 3 rings (SSSR count). The van der Waals surface area contributed by atoms with E-state index in [1.54, 1.807) is 24.3 Å². The van der Waals surface area contributed by atoms with Crippen LogP contribution in [0.1, 0.15) is 33.2 Å². The molecule has 0 spiro atoms. The quantitative estimate of drug-likeness (QED) is 0.142. The van der Waals surface area contributed by atoms with Crippen molar-refractivity contribution in [2.75, 3.05) is 7.11 Å². The molecule has 36 heavy (non-hydrogen) atoms. The van der Waals surface area contributed by atoms with Gasteiger partial charge in [0.1, 0.15) is 5.75 Å². The van der Waals surface area contributed by atoms with Crippen LogP contribution in [0.3, 0.4) is 0 Å². The number of carbonyl (C=O) groups excluding carboxylic acids is 3. The Balaban J connectivity index is 1.83. The zero-order chi connectivity index (χ0) is 26.2. The van der Waals surface area contributed by atoms with Crippen molar-refractivity contribution in [1.82, 2.24) is 5.43 Å². The molecule has 0 aliphatic carbocycles. The van der Waals surface area contributed by atoms with Crippen molar-refractivity contribution in [3.05, 3.63) is 91.9 Å². The van der Waals surface area contributed by atoms with E-state index in [2.05, 4.69) is 26.5 Å². The number of carbonyl (C=O) groups is 3. The summed E-state index contributed by atoms with van der Waals surface area (Å²) in [7, 11) is 1.34. The van der Waals surface area contributed by atoms with Crippen molar-refractivity contribution in [1.29, 1.82) is 0 Å². The number of hydrogen-bond acceptors (Lipinski definition) is 9. The third-order valence-electron chi connectivity index (χ3n) is 4.54. The van der Waals surface area contributed by atoms with Crippen molar-refractivity contribution in [2.45, 2.75) is 6.92 Å². The zero-order valence-corrected chi connectivity index (χ0v) is 20.5. The Morgan fingerprint density at radius 1 is 0.944 bits per heavy atom. The number of esters is 2. The Labute approximate surface area is 212 Å². The van der Waals surface area contributed by atoms with Crippen LogP contribution in [0.4, 0.5) is 5.69 Å². The van der Waals surface area contributed by atoms with E-state index in [1.165, 1.54) is 38.3 Å². The minimum absolute atomic E-state index is 0.0460. The molecular weight excluding hydrogens is 538 g/mol. The third-order valence-corrected chi connectivity index (χ3v) is 5.06. The molecule has 0 radical (unpaired) electrons. The van der Waals surface area contributed by atoms with Gasteiger partial charge < -0.3 is 14.2 Å². The van der Waals surface area contributed by atoms with E-state index >= 15 is 0 Å². The van der Waals surface area contributed by atoms with Crippen LogP contribution in [0.2, 0.25) is 0 Å². The predicted molar refractivity (Wildman–Crippen MR) is 132 cm³/mol. The number of hydrogen-bond donors (Lipinski definition) is 1. The van der Waals surface area contributed by atoms with Gasteiger partial charge in [0.2, 0.25) is 0 Å². The molecule has 0 heterocycles. The lowest BCUT2D eigenvalue weighted by molar-refractivity contribution is -0.384. The Hall–Kier alpha value is -4.58. The van der Waals surface area contributed by atoms with Crippen LogP contribution in [0.15, 0.2) is 70.2 Å². The molecule has 3 aromatic carbocycles. The van der Waals surface area contributed by atoms with E-state index in [1.807, 2.05) is 0 Å². The molecule has 0 saturated carbocycles. The lowest BCUT2D eigenvalue weighted by Crippen LogP contribution is -2.17. The molecule has 0 aromatic heterocycles. The van der Waals surface area contributed by atoms with E-state index in [0.29, 0.717) is 5.56 Å². The monoisotopic (exact) mass is 555 g/mol. The highest BCUT2D eigenvalue weighted by Crippen LogP contribution is 2.29. The molecule has 0 saturated heterocycles. The molecule has 11 nitrogen and oxygen atoms in total. The van der Waals surface area contributed by atoms with Crippen molar-refractivity contribution < 1.29 is 33.5 Å². The minimum Gasteiger partial charge on any atom is -0.493 e. The molecule has 0 bridgehead atoms. The lowest BCUT2D eigenvalue weighted by atomic mass is 10.1. The predicted octanol–water partition coefficient (Wildman–Crippen LogP) is 4.27.